The molecule has 0 amide bonds. The van der Waals surface area contributed by atoms with Crippen molar-refractivity contribution < 1.29 is 0 Å². The fourth-order valence-electron chi connectivity index (χ4n) is 7.97. The van der Waals surface area contributed by atoms with E-state index in [1.807, 2.05) is 24.3 Å². The Morgan fingerprint density at radius 2 is 1.00 bits per heavy atom. The molecule has 0 saturated heterocycles. The summed E-state index contributed by atoms with van der Waals surface area (Å²) in [6.45, 7) is 9.32. The minimum atomic E-state index is -0.305. The van der Waals surface area contributed by atoms with E-state index in [9.17, 15) is 0 Å². The first kappa shape index (κ1) is 31.6. The molecule has 1 atom stereocenters. The predicted molar refractivity (Wildman–Crippen MR) is 218 cm³/mol. The molecule has 1 unspecified atom stereocenters. The Morgan fingerprint density at radius 1 is 0.442 bits per heavy atom. The van der Waals surface area contributed by atoms with Crippen LogP contribution in [0.3, 0.4) is 0 Å². The molecule has 7 aromatic rings. The molecule has 52 heavy (non-hydrogen) atoms. The molecular formula is C50H38N2. The Balaban J connectivity index is 1.16. The molecule has 2 nitrogen and oxygen atoms in total. The van der Waals surface area contributed by atoms with Gasteiger partial charge in [0, 0.05) is 22.1 Å². The molecule has 1 aliphatic carbocycles. The van der Waals surface area contributed by atoms with E-state index in [2.05, 4.69) is 172 Å². The highest BCUT2D eigenvalue weighted by Gasteiger charge is 2.35. The summed E-state index contributed by atoms with van der Waals surface area (Å²) in [6.07, 6.45) is 0. The maximum Gasteiger partial charge on any atom is 0.156 e. The van der Waals surface area contributed by atoms with Crippen LogP contribution < -0.4 is 0 Å². The van der Waals surface area contributed by atoms with Gasteiger partial charge in [0.2, 0.25) is 0 Å². The van der Waals surface area contributed by atoms with Gasteiger partial charge in [-0.3, -0.25) is 4.99 Å². The number of benzene rings is 7. The Labute approximate surface area is 306 Å². The molecule has 1 aliphatic heterocycles. The molecule has 2 aliphatic rings. The van der Waals surface area contributed by atoms with Crippen molar-refractivity contribution >= 4 is 11.5 Å². The first-order valence-electron chi connectivity index (χ1n) is 18.0. The van der Waals surface area contributed by atoms with Crippen LogP contribution in [0.5, 0.6) is 0 Å². The van der Waals surface area contributed by atoms with Crippen molar-refractivity contribution in [1.82, 2.24) is 0 Å². The van der Waals surface area contributed by atoms with Gasteiger partial charge >= 0.3 is 0 Å². The summed E-state index contributed by atoms with van der Waals surface area (Å²) in [4.78, 5) is 10.5. The van der Waals surface area contributed by atoms with Gasteiger partial charge in [0.15, 0.2) is 5.84 Å². The van der Waals surface area contributed by atoms with Gasteiger partial charge < -0.3 is 0 Å². The van der Waals surface area contributed by atoms with Crippen molar-refractivity contribution in [2.45, 2.75) is 25.3 Å². The van der Waals surface area contributed by atoms with Crippen molar-refractivity contribution in [2.75, 3.05) is 0 Å². The molecule has 0 spiro atoms. The van der Waals surface area contributed by atoms with Gasteiger partial charge in [0.25, 0.3) is 0 Å². The quantitative estimate of drug-likeness (QED) is 0.169. The number of hydrogen-bond donors (Lipinski definition) is 0. The van der Waals surface area contributed by atoms with Gasteiger partial charge in [-0.05, 0) is 73.3 Å². The van der Waals surface area contributed by atoms with Gasteiger partial charge in [-0.25, -0.2) is 4.99 Å². The topological polar surface area (TPSA) is 24.7 Å². The van der Waals surface area contributed by atoms with Crippen molar-refractivity contribution in [3.05, 3.63) is 216 Å². The zero-order valence-corrected chi connectivity index (χ0v) is 29.4. The number of fused-ring (bicyclic) bond motifs is 3. The van der Waals surface area contributed by atoms with Crippen molar-refractivity contribution in [3.63, 3.8) is 0 Å². The highest BCUT2D eigenvalue weighted by molar-refractivity contribution is 6.21. The number of aliphatic imine (C=N–C) groups is 2. The van der Waals surface area contributed by atoms with Crippen molar-refractivity contribution in [3.8, 4) is 44.5 Å². The summed E-state index contributed by atoms with van der Waals surface area (Å²) in [5, 5.41) is 0. The molecule has 248 valence electrons. The third-order valence-corrected chi connectivity index (χ3v) is 10.7. The third kappa shape index (κ3) is 5.45. The van der Waals surface area contributed by atoms with E-state index in [-0.39, 0.29) is 11.5 Å². The average Bonchev–Trinajstić information content (AvgIpc) is 3.44. The molecule has 0 N–H and O–H groups in total. The van der Waals surface area contributed by atoms with Crippen LogP contribution in [0.2, 0.25) is 0 Å². The maximum atomic E-state index is 5.30. The van der Waals surface area contributed by atoms with Crippen LogP contribution in [-0.2, 0) is 5.41 Å². The SMILES string of the molecule is C=C1C(c2ccc(-c3ccccc3)cc2)=NC(c2ccccc2)=NC1c1ccc(-c2ccc3c(c2)-c2ccccc2C3(C)C)c(-c2ccccc2)c1. The standard InChI is InChI=1S/C50H38N2/c1-33-47(37-25-23-35(24-26-37)34-15-7-4-8-16-34)51-49(38-19-11-6-12-20-38)52-48(33)40-27-29-41(43(32-40)36-17-9-5-10-18-36)39-28-30-46-44(31-39)42-21-13-14-22-45(42)50(46,2)3/h4-32,48H,1H2,2-3H3. The molecule has 2 heteroatoms. The Bertz CT molecular complexity index is 2520. The van der Waals surface area contributed by atoms with Crippen LogP contribution in [0.25, 0.3) is 44.5 Å². The second-order valence-corrected chi connectivity index (χ2v) is 14.3. The van der Waals surface area contributed by atoms with E-state index in [0.717, 1.165) is 28.0 Å². The van der Waals surface area contributed by atoms with Crippen LogP contribution in [0.1, 0.15) is 47.7 Å². The maximum absolute atomic E-state index is 5.30. The zero-order chi connectivity index (χ0) is 35.2. The second kappa shape index (κ2) is 12.7. The van der Waals surface area contributed by atoms with E-state index in [0.29, 0.717) is 5.84 Å². The molecule has 9 rings (SSSR count). The van der Waals surface area contributed by atoms with Crippen LogP contribution in [0, 0.1) is 0 Å². The first-order chi connectivity index (χ1) is 25.5. The Kier molecular flexibility index (Phi) is 7.74. The van der Waals surface area contributed by atoms with Crippen molar-refractivity contribution in [1.29, 1.82) is 0 Å². The number of hydrogen-bond acceptors (Lipinski definition) is 2. The summed E-state index contributed by atoms with van der Waals surface area (Å²) >= 11 is 0. The zero-order valence-electron chi connectivity index (χ0n) is 29.4. The molecule has 7 aromatic carbocycles. The minimum Gasteiger partial charge on any atom is -0.253 e. The minimum absolute atomic E-state index is 0.0342. The monoisotopic (exact) mass is 666 g/mol. The molecule has 0 saturated carbocycles. The molecular weight excluding hydrogens is 629 g/mol. The predicted octanol–water partition coefficient (Wildman–Crippen LogP) is 12.5. The Hall–Kier alpha value is -6.38. The van der Waals surface area contributed by atoms with E-state index >= 15 is 0 Å². The average molecular weight is 667 g/mol. The lowest BCUT2D eigenvalue weighted by Gasteiger charge is -2.25. The summed E-state index contributed by atoms with van der Waals surface area (Å²) < 4.78 is 0. The van der Waals surface area contributed by atoms with E-state index in [1.54, 1.807) is 0 Å². The van der Waals surface area contributed by atoms with Crippen LogP contribution in [-0.4, -0.2) is 11.5 Å². The normalized spacial score (nSPS) is 15.7. The molecule has 0 fully saturated rings. The van der Waals surface area contributed by atoms with E-state index in [1.165, 1.54) is 55.6 Å². The molecule has 0 radical (unpaired) electrons. The number of amidine groups is 1. The lowest BCUT2D eigenvalue weighted by Crippen LogP contribution is -2.20. The highest BCUT2D eigenvalue weighted by Crippen LogP contribution is 2.50. The highest BCUT2D eigenvalue weighted by atomic mass is 15.0. The first-order valence-corrected chi connectivity index (χ1v) is 18.0. The number of nitrogens with zero attached hydrogens (tertiary/aromatic N) is 2. The molecule has 0 aromatic heterocycles. The van der Waals surface area contributed by atoms with E-state index < -0.39 is 0 Å². The Morgan fingerprint density at radius 3 is 1.71 bits per heavy atom. The molecule has 0 bridgehead atoms. The largest absolute Gasteiger partial charge is 0.253 e. The van der Waals surface area contributed by atoms with Crippen LogP contribution in [0.15, 0.2) is 198 Å². The van der Waals surface area contributed by atoms with Gasteiger partial charge in [-0.2, -0.15) is 0 Å². The fraction of sp³-hybridized carbons (Fsp3) is 0.0800. The lowest BCUT2D eigenvalue weighted by molar-refractivity contribution is 0.660. The number of rotatable bonds is 6. The van der Waals surface area contributed by atoms with Crippen LogP contribution in [0.4, 0.5) is 0 Å². The van der Waals surface area contributed by atoms with Crippen molar-refractivity contribution in [2.24, 2.45) is 9.98 Å². The summed E-state index contributed by atoms with van der Waals surface area (Å²) in [6, 6.07) is 62.5. The molecule has 1 heterocycles. The van der Waals surface area contributed by atoms with E-state index in [4.69, 9.17) is 9.98 Å². The van der Waals surface area contributed by atoms with Gasteiger partial charge in [-0.15, -0.1) is 0 Å². The smallest absolute Gasteiger partial charge is 0.156 e. The van der Waals surface area contributed by atoms with Gasteiger partial charge in [0.1, 0.15) is 6.04 Å². The van der Waals surface area contributed by atoms with Gasteiger partial charge in [-0.1, -0.05) is 184 Å². The fourth-order valence-corrected chi connectivity index (χ4v) is 7.97. The van der Waals surface area contributed by atoms with Crippen LogP contribution >= 0.6 is 0 Å². The second-order valence-electron chi connectivity index (χ2n) is 14.3. The summed E-state index contributed by atoms with van der Waals surface area (Å²) in [5.74, 6) is 0.713. The van der Waals surface area contributed by atoms with Gasteiger partial charge in [0.05, 0.1) is 5.71 Å². The summed E-state index contributed by atoms with van der Waals surface area (Å²) in [5.41, 5.74) is 17.3. The summed E-state index contributed by atoms with van der Waals surface area (Å²) in [7, 11) is 0. The lowest BCUT2D eigenvalue weighted by atomic mass is 9.82. The third-order valence-electron chi connectivity index (χ3n) is 10.7.